The molecule has 2 aromatic carbocycles. The number of sulfonamides is 1. The fourth-order valence-corrected chi connectivity index (χ4v) is 4.27. The standard InChI is InChI=1S/C19H18ClN3O3S2/c20-16-8-4-7-15(11-16)19-23-17(13-27-19)18(24)21-9-10-28(25,26)22-12-14-5-2-1-3-6-14/h1-8,11,13,22H,9-10,12H2,(H,21,24). The Bertz CT molecular complexity index is 1050. The fraction of sp³-hybridized carbons (Fsp3) is 0.158. The van der Waals surface area contributed by atoms with Crippen molar-refractivity contribution < 1.29 is 13.2 Å². The zero-order valence-electron chi connectivity index (χ0n) is 14.8. The molecule has 0 radical (unpaired) electrons. The molecule has 0 unspecified atom stereocenters. The molecular formula is C19H18ClN3O3S2. The molecule has 0 saturated heterocycles. The molecule has 0 aliphatic heterocycles. The molecule has 0 aliphatic carbocycles. The van der Waals surface area contributed by atoms with Gasteiger partial charge in [0.1, 0.15) is 10.7 Å². The second-order valence-corrected chi connectivity index (χ2v) is 9.15. The van der Waals surface area contributed by atoms with Gasteiger partial charge in [-0.3, -0.25) is 4.79 Å². The van der Waals surface area contributed by atoms with Crippen molar-refractivity contribution >= 4 is 38.9 Å². The van der Waals surface area contributed by atoms with Crippen LogP contribution in [0.3, 0.4) is 0 Å². The zero-order valence-corrected chi connectivity index (χ0v) is 17.2. The summed E-state index contributed by atoms with van der Waals surface area (Å²) in [6, 6.07) is 16.4. The van der Waals surface area contributed by atoms with Gasteiger partial charge in [-0.15, -0.1) is 11.3 Å². The van der Waals surface area contributed by atoms with Gasteiger partial charge in [0, 0.05) is 29.1 Å². The van der Waals surface area contributed by atoms with Gasteiger partial charge in [0.25, 0.3) is 5.91 Å². The van der Waals surface area contributed by atoms with Crippen molar-refractivity contribution in [2.24, 2.45) is 0 Å². The molecule has 3 rings (SSSR count). The summed E-state index contributed by atoms with van der Waals surface area (Å²) >= 11 is 7.30. The highest BCUT2D eigenvalue weighted by atomic mass is 35.5. The van der Waals surface area contributed by atoms with Crippen molar-refractivity contribution in [2.75, 3.05) is 12.3 Å². The summed E-state index contributed by atoms with van der Waals surface area (Å²) in [6.45, 7) is 0.208. The van der Waals surface area contributed by atoms with Crippen LogP contribution in [-0.2, 0) is 16.6 Å². The van der Waals surface area contributed by atoms with Crippen molar-refractivity contribution in [1.29, 1.82) is 0 Å². The summed E-state index contributed by atoms with van der Waals surface area (Å²) < 4.78 is 26.6. The van der Waals surface area contributed by atoms with Crippen LogP contribution in [0.15, 0.2) is 60.0 Å². The summed E-state index contributed by atoms with van der Waals surface area (Å²) in [4.78, 5) is 16.5. The van der Waals surface area contributed by atoms with Gasteiger partial charge in [-0.05, 0) is 17.7 Å². The third kappa shape index (κ3) is 5.87. The van der Waals surface area contributed by atoms with Gasteiger partial charge in [-0.25, -0.2) is 18.1 Å². The molecule has 1 aromatic heterocycles. The van der Waals surface area contributed by atoms with Crippen molar-refractivity contribution in [2.45, 2.75) is 6.54 Å². The number of nitrogens with zero attached hydrogens (tertiary/aromatic N) is 1. The quantitative estimate of drug-likeness (QED) is 0.568. The van der Waals surface area contributed by atoms with Gasteiger partial charge in [0.15, 0.2) is 0 Å². The highest BCUT2D eigenvalue weighted by molar-refractivity contribution is 7.89. The van der Waals surface area contributed by atoms with Crippen LogP contribution < -0.4 is 10.0 Å². The summed E-state index contributed by atoms with van der Waals surface area (Å²) in [7, 11) is -3.50. The number of thiazole rings is 1. The van der Waals surface area contributed by atoms with Gasteiger partial charge in [0.2, 0.25) is 10.0 Å². The minimum absolute atomic E-state index is 0.00696. The van der Waals surface area contributed by atoms with E-state index in [1.807, 2.05) is 42.5 Å². The monoisotopic (exact) mass is 435 g/mol. The molecule has 3 aromatic rings. The van der Waals surface area contributed by atoms with Crippen molar-refractivity contribution in [3.63, 3.8) is 0 Å². The van der Waals surface area contributed by atoms with E-state index >= 15 is 0 Å². The Hall–Kier alpha value is -2.26. The summed E-state index contributed by atoms with van der Waals surface area (Å²) in [5.74, 6) is -0.626. The molecule has 28 heavy (non-hydrogen) atoms. The van der Waals surface area contributed by atoms with E-state index in [-0.39, 0.29) is 24.5 Å². The van der Waals surface area contributed by atoms with E-state index in [2.05, 4.69) is 15.0 Å². The molecule has 1 heterocycles. The van der Waals surface area contributed by atoms with Crippen LogP contribution in [0.2, 0.25) is 5.02 Å². The van der Waals surface area contributed by atoms with Crippen LogP contribution in [0, 0.1) is 0 Å². The minimum Gasteiger partial charge on any atom is -0.350 e. The molecule has 0 saturated carbocycles. The summed E-state index contributed by atoms with van der Waals surface area (Å²) in [5.41, 5.74) is 1.94. The first-order valence-corrected chi connectivity index (χ1v) is 11.3. The highest BCUT2D eigenvalue weighted by Gasteiger charge is 2.14. The van der Waals surface area contributed by atoms with Crippen molar-refractivity contribution in [3.05, 3.63) is 76.3 Å². The molecule has 1 amide bonds. The third-order valence-corrected chi connectivity index (χ3v) is 6.26. The van der Waals surface area contributed by atoms with Crippen LogP contribution in [0.1, 0.15) is 16.1 Å². The second kappa shape index (κ2) is 9.29. The van der Waals surface area contributed by atoms with Crippen molar-refractivity contribution in [1.82, 2.24) is 15.0 Å². The Morgan fingerprint density at radius 3 is 2.64 bits per heavy atom. The van der Waals surface area contributed by atoms with Gasteiger partial charge in [-0.2, -0.15) is 0 Å². The largest absolute Gasteiger partial charge is 0.350 e. The van der Waals surface area contributed by atoms with E-state index in [9.17, 15) is 13.2 Å². The maximum absolute atomic E-state index is 12.2. The lowest BCUT2D eigenvalue weighted by Gasteiger charge is -2.07. The molecule has 2 N–H and O–H groups in total. The Morgan fingerprint density at radius 2 is 1.89 bits per heavy atom. The Labute approximate surface area is 172 Å². The van der Waals surface area contributed by atoms with Crippen LogP contribution in [0.4, 0.5) is 0 Å². The third-order valence-electron chi connectivity index (χ3n) is 3.80. The molecule has 0 fully saturated rings. The Kier molecular flexibility index (Phi) is 6.79. The number of hydrogen-bond donors (Lipinski definition) is 2. The second-order valence-electron chi connectivity index (χ2n) is 5.93. The van der Waals surface area contributed by atoms with Crippen molar-refractivity contribution in [3.8, 4) is 10.6 Å². The first-order chi connectivity index (χ1) is 13.4. The topological polar surface area (TPSA) is 88.2 Å². The van der Waals surface area contributed by atoms with Crippen LogP contribution in [-0.4, -0.2) is 31.6 Å². The smallest absolute Gasteiger partial charge is 0.270 e. The number of halogens is 1. The van der Waals surface area contributed by atoms with Crippen LogP contribution in [0.5, 0.6) is 0 Å². The lowest BCUT2D eigenvalue weighted by Crippen LogP contribution is -2.34. The average Bonchev–Trinajstić information content (AvgIpc) is 3.18. The normalized spacial score (nSPS) is 11.3. The lowest BCUT2D eigenvalue weighted by molar-refractivity contribution is 0.0952. The van der Waals surface area contributed by atoms with E-state index in [0.29, 0.717) is 10.0 Å². The molecule has 0 atom stereocenters. The Balaban J connectivity index is 1.50. The maximum Gasteiger partial charge on any atom is 0.270 e. The highest BCUT2D eigenvalue weighted by Crippen LogP contribution is 2.25. The van der Waals surface area contributed by atoms with E-state index in [1.54, 1.807) is 17.5 Å². The summed E-state index contributed by atoms with van der Waals surface area (Å²) in [5, 5.41) is 5.48. The average molecular weight is 436 g/mol. The number of carbonyl (C=O) groups excluding carboxylic acids is 1. The number of carbonyl (C=O) groups is 1. The molecular weight excluding hydrogens is 418 g/mol. The first kappa shape index (κ1) is 20.5. The van der Waals surface area contributed by atoms with E-state index < -0.39 is 15.9 Å². The number of amides is 1. The molecule has 6 nitrogen and oxygen atoms in total. The van der Waals surface area contributed by atoms with Gasteiger partial charge >= 0.3 is 0 Å². The zero-order chi connectivity index (χ0) is 20.0. The number of nitrogens with one attached hydrogen (secondary N) is 2. The van der Waals surface area contributed by atoms with Gasteiger partial charge in [0.05, 0.1) is 5.75 Å². The summed E-state index contributed by atoms with van der Waals surface area (Å²) in [6.07, 6.45) is 0. The molecule has 0 spiro atoms. The molecule has 0 aliphatic rings. The maximum atomic E-state index is 12.2. The fourth-order valence-electron chi connectivity index (χ4n) is 2.38. The number of benzene rings is 2. The molecule has 9 heteroatoms. The Morgan fingerprint density at radius 1 is 1.11 bits per heavy atom. The predicted octanol–water partition coefficient (Wildman–Crippen LogP) is 3.31. The SMILES string of the molecule is O=C(NCCS(=O)(=O)NCc1ccccc1)c1csc(-c2cccc(Cl)c2)n1. The number of hydrogen-bond acceptors (Lipinski definition) is 5. The van der Waals surface area contributed by atoms with E-state index in [1.165, 1.54) is 11.3 Å². The molecule has 0 bridgehead atoms. The predicted molar refractivity (Wildman–Crippen MR) is 112 cm³/mol. The minimum atomic E-state index is -3.50. The lowest BCUT2D eigenvalue weighted by atomic mass is 10.2. The van der Waals surface area contributed by atoms with E-state index in [4.69, 9.17) is 11.6 Å². The number of aromatic nitrogens is 1. The first-order valence-electron chi connectivity index (χ1n) is 8.44. The van der Waals surface area contributed by atoms with Crippen LogP contribution >= 0.6 is 22.9 Å². The number of rotatable bonds is 8. The van der Waals surface area contributed by atoms with Crippen LogP contribution in [0.25, 0.3) is 10.6 Å². The van der Waals surface area contributed by atoms with Gasteiger partial charge in [-0.1, -0.05) is 54.1 Å². The van der Waals surface area contributed by atoms with Gasteiger partial charge < -0.3 is 5.32 Å². The van der Waals surface area contributed by atoms with E-state index in [0.717, 1.165) is 11.1 Å². The molecule has 146 valence electrons.